The van der Waals surface area contributed by atoms with Crippen molar-refractivity contribution in [3.63, 3.8) is 0 Å². The van der Waals surface area contributed by atoms with Crippen LogP contribution in [0.2, 0.25) is 0 Å². The predicted octanol–water partition coefficient (Wildman–Crippen LogP) is 20.1. The van der Waals surface area contributed by atoms with Crippen LogP contribution in [-0.2, 0) is 23.8 Å². The minimum Gasteiger partial charge on any atom is -0.462 e. The molecule has 0 spiro atoms. The van der Waals surface area contributed by atoms with Crippen LogP contribution in [0.3, 0.4) is 0 Å². The van der Waals surface area contributed by atoms with Gasteiger partial charge in [0.1, 0.15) is 6.61 Å². The van der Waals surface area contributed by atoms with Gasteiger partial charge in [0.15, 0.2) is 6.10 Å². The van der Waals surface area contributed by atoms with Gasteiger partial charge < -0.3 is 14.2 Å². The van der Waals surface area contributed by atoms with E-state index in [9.17, 15) is 9.59 Å². The molecule has 0 aliphatic rings. The van der Waals surface area contributed by atoms with Crippen molar-refractivity contribution in [2.45, 2.75) is 258 Å². The van der Waals surface area contributed by atoms with Gasteiger partial charge in [-0.25, -0.2) is 0 Å². The van der Waals surface area contributed by atoms with E-state index in [0.717, 1.165) is 122 Å². The Kier molecular flexibility index (Phi) is 56.5. The average Bonchev–Trinajstić information content (AvgIpc) is 3.36. The van der Waals surface area contributed by atoms with Gasteiger partial charge in [-0.2, -0.15) is 0 Å². The smallest absolute Gasteiger partial charge is 0.306 e. The number of hydrogen-bond donors (Lipinski definition) is 0. The maximum atomic E-state index is 12.9. The lowest BCUT2D eigenvalue weighted by molar-refractivity contribution is -0.163. The molecule has 1 unspecified atom stereocenters. The lowest BCUT2D eigenvalue weighted by Gasteiger charge is -2.18. The molecule has 0 heterocycles. The molecular weight excluding hydrogens is 861 g/mol. The number of carbonyl (C=O) groups excluding carboxylic acids is 2. The fourth-order valence-electron chi connectivity index (χ4n) is 7.70. The van der Waals surface area contributed by atoms with Crippen LogP contribution in [0.5, 0.6) is 0 Å². The summed E-state index contributed by atoms with van der Waals surface area (Å²) in [6.45, 7) is 7.52. The van der Waals surface area contributed by atoms with Gasteiger partial charge in [0.2, 0.25) is 0 Å². The Morgan fingerprint density at radius 3 is 1.06 bits per heavy atom. The van der Waals surface area contributed by atoms with Crippen molar-refractivity contribution < 1.29 is 23.8 Å². The van der Waals surface area contributed by atoms with E-state index >= 15 is 0 Å². The quantitative estimate of drug-likeness (QED) is 0.0345. The Morgan fingerprint density at radius 2 is 0.643 bits per heavy atom. The molecule has 0 aromatic carbocycles. The molecule has 0 fully saturated rings. The molecule has 0 aromatic heterocycles. The van der Waals surface area contributed by atoms with Gasteiger partial charge in [-0.05, 0) is 128 Å². The molecule has 0 N–H and O–H groups in total. The van der Waals surface area contributed by atoms with Crippen molar-refractivity contribution in [1.82, 2.24) is 0 Å². The van der Waals surface area contributed by atoms with Crippen molar-refractivity contribution in [2.24, 2.45) is 0 Å². The highest BCUT2D eigenvalue weighted by Gasteiger charge is 2.17. The molecule has 0 radical (unpaired) electrons. The van der Waals surface area contributed by atoms with E-state index in [1.807, 2.05) is 0 Å². The summed E-state index contributed by atoms with van der Waals surface area (Å²) in [5, 5.41) is 0. The Hall–Kier alpha value is -3.70. The number of esters is 2. The lowest BCUT2D eigenvalue weighted by atomic mass is 10.1. The summed E-state index contributed by atoms with van der Waals surface area (Å²) in [4.78, 5) is 25.5. The largest absolute Gasteiger partial charge is 0.462 e. The Bertz CT molecular complexity index is 1420. The number of hydrogen-bond acceptors (Lipinski definition) is 5. The molecule has 0 aromatic rings. The Labute approximate surface area is 433 Å². The highest BCUT2D eigenvalue weighted by molar-refractivity contribution is 5.70. The summed E-state index contributed by atoms with van der Waals surface area (Å²) < 4.78 is 17.4. The first-order chi connectivity index (χ1) is 34.6. The average molecular weight is 970 g/mol. The van der Waals surface area contributed by atoms with E-state index in [2.05, 4.69) is 142 Å². The van der Waals surface area contributed by atoms with Gasteiger partial charge in [-0.1, -0.05) is 232 Å². The van der Waals surface area contributed by atoms with E-state index < -0.39 is 6.10 Å². The zero-order chi connectivity index (χ0) is 50.6. The Morgan fingerprint density at radius 1 is 0.329 bits per heavy atom. The molecule has 398 valence electrons. The zero-order valence-electron chi connectivity index (χ0n) is 45.7. The van der Waals surface area contributed by atoms with E-state index in [-0.39, 0.29) is 25.2 Å². The van der Waals surface area contributed by atoms with Crippen molar-refractivity contribution in [3.05, 3.63) is 122 Å². The zero-order valence-corrected chi connectivity index (χ0v) is 45.7. The van der Waals surface area contributed by atoms with Crippen LogP contribution in [0.1, 0.15) is 252 Å². The van der Waals surface area contributed by atoms with E-state index in [1.165, 1.54) is 96.3 Å². The number of carbonyl (C=O) groups is 2. The van der Waals surface area contributed by atoms with Gasteiger partial charge in [0, 0.05) is 19.4 Å². The SMILES string of the molecule is CC/C=C\C/C=C\C/C=C\C/C=C\C/C=C\CCCCCC(=O)OCC(COCCCCCCC/C=C\C/C=C\C/C=C\C/C=C\CC)OC(=O)CCCCCCCCC/C=C\CCCCCCCC. The van der Waals surface area contributed by atoms with E-state index in [1.54, 1.807) is 0 Å². The van der Waals surface area contributed by atoms with E-state index in [4.69, 9.17) is 14.2 Å². The fraction of sp³-hybridized carbons (Fsp3) is 0.662. The minimum absolute atomic E-state index is 0.0517. The van der Waals surface area contributed by atoms with Crippen molar-refractivity contribution >= 4 is 11.9 Å². The summed E-state index contributed by atoms with van der Waals surface area (Å²) in [7, 11) is 0. The molecule has 0 aliphatic carbocycles. The molecule has 0 aliphatic heterocycles. The predicted molar refractivity (Wildman–Crippen MR) is 306 cm³/mol. The molecule has 0 saturated heterocycles. The third-order valence-corrected chi connectivity index (χ3v) is 12.0. The topological polar surface area (TPSA) is 61.8 Å². The summed E-state index contributed by atoms with van der Waals surface area (Å²) in [5.41, 5.74) is 0. The van der Waals surface area contributed by atoms with E-state index in [0.29, 0.717) is 19.4 Å². The Balaban J connectivity index is 4.41. The van der Waals surface area contributed by atoms with Crippen molar-refractivity contribution in [1.29, 1.82) is 0 Å². The second kappa shape index (κ2) is 59.6. The highest BCUT2D eigenvalue weighted by Crippen LogP contribution is 2.14. The van der Waals surface area contributed by atoms with Gasteiger partial charge >= 0.3 is 11.9 Å². The number of unbranched alkanes of at least 4 members (excludes halogenated alkanes) is 21. The first-order valence-corrected chi connectivity index (χ1v) is 29.1. The highest BCUT2D eigenvalue weighted by atomic mass is 16.6. The maximum absolute atomic E-state index is 12.9. The molecule has 0 rings (SSSR count). The summed E-state index contributed by atoms with van der Waals surface area (Å²) >= 11 is 0. The standard InChI is InChI=1S/C65H108O5/c1-4-7-10-13-16-19-22-25-28-31-33-35-37-40-43-46-49-52-55-58-64(66)69-62-63(61-68-60-57-54-51-48-45-42-39-36-32-29-26-23-20-17-14-11-8-5-2)70-65(67)59-56-53-50-47-44-41-38-34-30-27-24-21-18-15-12-9-6-3/h7-8,10-11,16-17,19-20,25-30,33,35-36,39-40,43,63H,4-6,9,12-15,18,21-24,31-32,34,37-38,41-42,44-62H2,1-3H3/b10-7-,11-8-,19-16-,20-17-,28-25-,29-26-,30-27-,35-33-,39-36-,43-40-. The molecule has 5 nitrogen and oxygen atoms in total. The molecule has 5 heteroatoms. The van der Waals surface area contributed by atoms with Crippen LogP contribution in [0.25, 0.3) is 0 Å². The summed E-state index contributed by atoms with van der Waals surface area (Å²) in [6.07, 6.45) is 83.6. The third-order valence-electron chi connectivity index (χ3n) is 12.0. The third kappa shape index (κ3) is 56.9. The van der Waals surface area contributed by atoms with Crippen LogP contribution >= 0.6 is 0 Å². The van der Waals surface area contributed by atoms with Gasteiger partial charge in [0.05, 0.1) is 6.61 Å². The normalized spacial score (nSPS) is 13.1. The molecule has 0 saturated carbocycles. The van der Waals surface area contributed by atoms with Crippen LogP contribution < -0.4 is 0 Å². The van der Waals surface area contributed by atoms with Gasteiger partial charge in [-0.15, -0.1) is 0 Å². The molecular formula is C65H108O5. The summed E-state index contributed by atoms with van der Waals surface area (Å²) in [6, 6.07) is 0. The van der Waals surface area contributed by atoms with Crippen LogP contribution in [0, 0.1) is 0 Å². The molecule has 70 heavy (non-hydrogen) atoms. The number of rotatable bonds is 52. The van der Waals surface area contributed by atoms with Crippen LogP contribution in [-0.4, -0.2) is 37.9 Å². The van der Waals surface area contributed by atoms with Crippen LogP contribution in [0.15, 0.2) is 122 Å². The second-order valence-corrected chi connectivity index (χ2v) is 18.8. The van der Waals surface area contributed by atoms with Gasteiger partial charge in [-0.3, -0.25) is 9.59 Å². The first kappa shape index (κ1) is 66.3. The van der Waals surface area contributed by atoms with Crippen molar-refractivity contribution in [2.75, 3.05) is 19.8 Å². The van der Waals surface area contributed by atoms with Crippen molar-refractivity contribution in [3.8, 4) is 0 Å². The summed E-state index contributed by atoms with van der Waals surface area (Å²) in [5.74, 6) is -0.453. The molecule has 0 bridgehead atoms. The number of ether oxygens (including phenoxy) is 3. The fourth-order valence-corrected chi connectivity index (χ4v) is 7.70. The first-order valence-electron chi connectivity index (χ1n) is 29.1. The minimum atomic E-state index is -0.572. The van der Waals surface area contributed by atoms with Gasteiger partial charge in [0.25, 0.3) is 0 Å². The monoisotopic (exact) mass is 969 g/mol. The number of allylic oxidation sites excluding steroid dienone is 20. The maximum Gasteiger partial charge on any atom is 0.306 e. The second-order valence-electron chi connectivity index (χ2n) is 18.8. The lowest BCUT2D eigenvalue weighted by Crippen LogP contribution is -2.30. The van der Waals surface area contributed by atoms with Crippen LogP contribution in [0.4, 0.5) is 0 Å². The molecule has 1 atom stereocenters. The molecule has 0 amide bonds.